The maximum absolute atomic E-state index is 15.1. The van der Waals surface area contributed by atoms with Crippen molar-refractivity contribution in [3.63, 3.8) is 0 Å². The van der Waals surface area contributed by atoms with Crippen LogP contribution in [-0.2, 0) is 36.8 Å². The van der Waals surface area contributed by atoms with Gasteiger partial charge in [0.15, 0.2) is 0 Å². The van der Waals surface area contributed by atoms with E-state index in [-0.39, 0.29) is 63.0 Å². The molecule has 0 spiro atoms. The molecule has 2 N–H and O–H groups in total. The van der Waals surface area contributed by atoms with Crippen LogP contribution < -0.4 is 21.5 Å². The highest BCUT2D eigenvalue weighted by molar-refractivity contribution is 5.79. The molecule has 0 amide bonds. The third-order valence-electron chi connectivity index (χ3n) is 8.72. The average molecular weight is 738 g/mol. The molecule has 1 saturated heterocycles. The molecule has 0 aliphatic carbocycles. The van der Waals surface area contributed by atoms with E-state index in [1.807, 2.05) is 0 Å². The van der Waals surface area contributed by atoms with Gasteiger partial charge in [-0.25, -0.2) is 14.0 Å². The van der Waals surface area contributed by atoms with Crippen molar-refractivity contribution in [2.45, 2.75) is 45.0 Å². The quantitative estimate of drug-likeness (QED) is 0.146. The van der Waals surface area contributed by atoms with Crippen molar-refractivity contribution in [2.75, 3.05) is 37.6 Å². The van der Waals surface area contributed by atoms with Gasteiger partial charge in [0.2, 0.25) is 5.76 Å². The molecule has 1 aliphatic heterocycles. The maximum atomic E-state index is 15.1. The number of carboxylic acid groups (broad SMARTS) is 1. The van der Waals surface area contributed by atoms with Crippen molar-refractivity contribution in [1.82, 2.24) is 19.4 Å². The molecule has 0 bridgehead atoms. The number of alkyl halides is 6. The van der Waals surface area contributed by atoms with E-state index in [9.17, 15) is 40.7 Å². The van der Waals surface area contributed by atoms with Crippen LogP contribution in [-0.4, -0.2) is 57.8 Å². The predicted molar refractivity (Wildman–Crippen MR) is 175 cm³/mol. The largest absolute Gasteiger partial charge is 0.478 e. The second kappa shape index (κ2) is 15.6. The van der Waals surface area contributed by atoms with Crippen molar-refractivity contribution in [1.29, 1.82) is 0 Å². The van der Waals surface area contributed by atoms with E-state index >= 15 is 4.39 Å². The highest BCUT2D eigenvalue weighted by atomic mass is 19.4. The van der Waals surface area contributed by atoms with E-state index in [1.54, 1.807) is 40.1 Å². The SMILES string of the molecule is Cc1c(N2CCN(Cc3ccc(C(F)(F)F)o3)CC2)c(=O)n(C[C@H](NCC=CC(=O)O)c2ccccc2)c(=O)n1Cc1c(F)cccc1C(F)(F)F. The molecular weight excluding hydrogens is 703 g/mol. The molecule has 4 aromatic rings. The predicted octanol–water partition coefficient (Wildman–Crippen LogP) is 5.43. The van der Waals surface area contributed by atoms with E-state index in [0.29, 0.717) is 11.6 Å². The van der Waals surface area contributed by atoms with Gasteiger partial charge < -0.3 is 19.7 Å². The summed E-state index contributed by atoms with van der Waals surface area (Å²) in [4.78, 5) is 42.8. The first-order valence-corrected chi connectivity index (χ1v) is 16.0. The fourth-order valence-corrected chi connectivity index (χ4v) is 6.13. The highest BCUT2D eigenvalue weighted by Gasteiger charge is 2.36. The lowest BCUT2D eigenvalue weighted by Crippen LogP contribution is -2.51. The second-order valence-corrected chi connectivity index (χ2v) is 12.1. The molecule has 5 rings (SSSR count). The topological polar surface area (TPSA) is 113 Å². The van der Waals surface area contributed by atoms with E-state index < -0.39 is 64.9 Å². The number of carboxylic acids is 1. The smallest absolute Gasteiger partial charge is 0.449 e. The summed E-state index contributed by atoms with van der Waals surface area (Å²) in [6.07, 6.45) is -7.37. The molecule has 1 aliphatic rings. The van der Waals surface area contributed by atoms with Crippen LogP contribution in [0.5, 0.6) is 0 Å². The maximum Gasteiger partial charge on any atom is 0.449 e. The first kappa shape index (κ1) is 38.1. The van der Waals surface area contributed by atoms with Crippen LogP contribution in [0.4, 0.5) is 36.4 Å². The Morgan fingerprint density at radius 2 is 1.60 bits per heavy atom. The van der Waals surface area contributed by atoms with Gasteiger partial charge in [-0.15, -0.1) is 0 Å². The molecule has 278 valence electrons. The van der Waals surface area contributed by atoms with Crippen LogP contribution in [0, 0.1) is 12.7 Å². The number of aliphatic carboxylic acids is 1. The number of piperazine rings is 1. The van der Waals surface area contributed by atoms with Gasteiger partial charge in [0, 0.05) is 50.1 Å². The molecular formula is C35H34F7N5O5. The van der Waals surface area contributed by atoms with Crippen molar-refractivity contribution in [2.24, 2.45) is 0 Å². The fraction of sp³-hybridized carbons (Fsp3) is 0.343. The normalized spacial score (nSPS) is 15.0. The van der Waals surface area contributed by atoms with Crippen molar-refractivity contribution >= 4 is 11.7 Å². The molecule has 2 aromatic heterocycles. The first-order chi connectivity index (χ1) is 24.5. The molecule has 0 saturated carbocycles. The van der Waals surface area contributed by atoms with Gasteiger partial charge in [-0.2, -0.15) is 26.3 Å². The third kappa shape index (κ3) is 8.82. The number of halogens is 7. The van der Waals surface area contributed by atoms with E-state index in [2.05, 4.69) is 5.32 Å². The number of carbonyl (C=O) groups is 1. The Labute approximate surface area is 292 Å². The molecule has 10 nitrogen and oxygen atoms in total. The van der Waals surface area contributed by atoms with Crippen LogP contribution in [0.2, 0.25) is 0 Å². The fourth-order valence-electron chi connectivity index (χ4n) is 6.13. The molecule has 2 aromatic carbocycles. The molecule has 1 fully saturated rings. The van der Waals surface area contributed by atoms with Gasteiger partial charge in [-0.3, -0.25) is 18.8 Å². The van der Waals surface area contributed by atoms with E-state index in [0.717, 1.165) is 33.4 Å². The summed E-state index contributed by atoms with van der Waals surface area (Å²) >= 11 is 0. The Bertz CT molecular complexity index is 2030. The molecule has 17 heteroatoms. The van der Waals surface area contributed by atoms with Gasteiger partial charge in [0.1, 0.15) is 17.3 Å². The molecule has 0 radical (unpaired) electrons. The summed E-state index contributed by atoms with van der Waals surface area (Å²) in [5.41, 5.74) is -3.25. The third-order valence-corrected chi connectivity index (χ3v) is 8.72. The second-order valence-electron chi connectivity index (χ2n) is 12.1. The summed E-state index contributed by atoms with van der Waals surface area (Å²) < 4.78 is 103. The van der Waals surface area contributed by atoms with Gasteiger partial charge in [-0.1, -0.05) is 42.5 Å². The Morgan fingerprint density at radius 3 is 2.21 bits per heavy atom. The Hall–Kier alpha value is -5.16. The number of aromatic nitrogens is 2. The number of furan rings is 1. The van der Waals surface area contributed by atoms with Crippen molar-refractivity contribution in [3.05, 3.63) is 133 Å². The molecule has 1 atom stereocenters. The minimum absolute atomic E-state index is 0.00876. The van der Waals surface area contributed by atoms with Crippen LogP contribution in [0.1, 0.15) is 39.9 Å². The van der Waals surface area contributed by atoms with Crippen LogP contribution >= 0.6 is 0 Å². The lowest BCUT2D eigenvalue weighted by Gasteiger charge is -2.36. The standard InChI is InChI=1S/C35H34F7N5O5/c1-22-31(45-17-15-44(16-18-45)19-24-12-13-29(52-24)35(40,41)42)32(50)47(21-28(23-7-3-2-4-8-23)43-14-6-11-30(48)49)33(51)46(22)20-25-26(34(37,38)39)9-5-10-27(25)36/h2-13,28,43H,14-21H2,1H3,(H,48,49)/t28-/m0/s1. The zero-order valence-corrected chi connectivity index (χ0v) is 27.7. The lowest BCUT2D eigenvalue weighted by molar-refractivity contribution is -0.153. The number of rotatable bonds is 12. The van der Waals surface area contributed by atoms with Crippen LogP contribution in [0.3, 0.4) is 0 Å². The Kier molecular flexibility index (Phi) is 11.4. The number of hydrogen-bond acceptors (Lipinski definition) is 7. The van der Waals surface area contributed by atoms with Gasteiger partial charge in [0.25, 0.3) is 5.56 Å². The van der Waals surface area contributed by atoms with E-state index in [1.165, 1.54) is 19.1 Å². The number of nitrogens with zero attached hydrogens (tertiary/aromatic N) is 4. The zero-order chi connectivity index (χ0) is 37.8. The summed E-state index contributed by atoms with van der Waals surface area (Å²) in [5.74, 6) is -3.45. The minimum atomic E-state index is -4.96. The Balaban J connectivity index is 1.54. The minimum Gasteiger partial charge on any atom is -0.478 e. The van der Waals surface area contributed by atoms with Crippen LogP contribution in [0.15, 0.2) is 86.8 Å². The van der Waals surface area contributed by atoms with Gasteiger partial charge in [0.05, 0.1) is 31.2 Å². The van der Waals surface area contributed by atoms with Crippen LogP contribution in [0.25, 0.3) is 0 Å². The van der Waals surface area contributed by atoms with Gasteiger partial charge in [-0.05, 0) is 36.8 Å². The number of hydrogen-bond donors (Lipinski definition) is 2. The number of benzene rings is 2. The average Bonchev–Trinajstić information content (AvgIpc) is 3.56. The Morgan fingerprint density at radius 1 is 0.904 bits per heavy atom. The van der Waals surface area contributed by atoms with Crippen molar-refractivity contribution < 1.29 is 45.1 Å². The van der Waals surface area contributed by atoms with E-state index in [4.69, 9.17) is 9.52 Å². The summed E-state index contributed by atoms with van der Waals surface area (Å²) in [6, 6.07) is 12.3. The summed E-state index contributed by atoms with van der Waals surface area (Å²) in [7, 11) is 0. The molecule has 0 unspecified atom stereocenters. The summed E-state index contributed by atoms with van der Waals surface area (Å²) in [5, 5.41) is 12.1. The van der Waals surface area contributed by atoms with Crippen molar-refractivity contribution in [3.8, 4) is 0 Å². The number of nitrogens with one attached hydrogen (secondary N) is 1. The van der Waals surface area contributed by atoms with Gasteiger partial charge >= 0.3 is 24.0 Å². The lowest BCUT2D eigenvalue weighted by atomic mass is 10.1. The molecule has 3 heterocycles. The summed E-state index contributed by atoms with van der Waals surface area (Å²) in [6.45, 7) is 1.04. The zero-order valence-electron chi connectivity index (χ0n) is 27.7. The molecule has 52 heavy (non-hydrogen) atoms. The highest BCUT2D eigenvalue weighted by Crippen LogP contribution is 2.34. The first-order valence-electron chi connectivity index (χ1n) is 16.0. The monoisotopic (exact) mass is 737 g/mol. The number of anilines is 1.